The van der Waals surface area contributed by atoms with E-state index in [1.807, 2.05) is 42.2 Å². The zero-order chi connectivity index (χ0) is 14.4. The van der Waals surface area contributed by atoms with Crippen LogP contribution in [0.15, 0.2) is 30.3 Å². The first-order valence-corrected chi connectivity index (χ1v) is 7.32. The predicted molar refractivity (Wildman–Crippen MR) is 77.3 cm³/mol. The minimum absolute atomic E-state index is 0.104. The summed E-state index contributed by atoms with van der Waals surface area (Å²) in [5, 5.41) is 9.13. The minimum Gasteiger partial charge on any atom is -0.445 e. The van der Waals surface area contributed by atoms with Gasteiger partial charge in [-0.05, 0) is 38.2 Å². The third-order valence-corrected chi connectivity index (χ3v) is 3.91. The van der Waals surface area contributed by atoms with Crippen molar-refractivity contribution in [3.05, 3.63) is 35.9 Å². The topological polar surface area (TPSA) is 49.8 Å². The summed E-state index contributed by atoms with van der Waals surface area (Å²) in [5.74, 6) is 0. The Hall–Kier alpha value is -1.55. The van der Waals surface area contributed by atoms with Crippen LogP contribution in [0.2, 0.25) is 0 Å². The van der Waals surface area contributed by atoms with E-state index in [-0.39, 0.29) is 24.8 Å². The maximum absolute atomic E-state index is 12.3. The molecule has 1 N–H and O–H groups in total. The Morgan fingerprint density at radius 3 is 2.80 bits per heavy atom. The van der Waals surface area contributed by atoms with Gasteiger partial charge in [-0.25, -0.2) is 4.79 Å². The summed E-state index contributed by atoms with van der Waals surface area (Å²) in [6.45, 7) is 2.46. The molecule has 1 heterocycles. The normalized spacial score (nSPS) is 22.6. The van der Waals surface area contributed by atoms with E-state index < -0.39 is 0 Å². The Morgan fingerprint density at radius 1 is 1.35 bits per heavy atom. The second-order valence-corrected chi connectivity index (χ2v) is 5.39. The van der Waals surface area contributed by atoms with E-state index in [1.165, 1.54) is 0 Å². The summed E-state index contributed by atoms with van der Waals surface area (Å²) in [6, 6.07) is 9.98. The lowest BCUT2D eigenvalue weighted by atomic mass is 9.95. The van der Waals surface area contributed by atoms with Gasteiger partial charge in [-0.3, -0.25) is 0 Å². The number of aliphatic hydroxyl groups is 1. The van der Waals surface area contributed by atoms with Crippen molar-refractivity contribution >= 4 is 6.09 Å². The van der Waals surface area contributed by atoms with Crippen molar-refractivity contribution in [2.24, 2.45) is 0 Å². The fraction of sp³-hybridized carbons (Fsp3) is 0.562. The second-order valence-electron chi connectivity index (χ2n) is 5.39. The molecule has 0 saturated carbocycles. The number of rotatable bonds is 4. The number of likely N-dealkylation sites (tertiary alicyclic amines) is 1. The van der Waals surface area contributed by atoms with E-state index in [9.17, 15) is 4.79 Å². The molecular weight excluding hydrogens is 254 g/mol. The zero-order valence-electron chi connectivity index (χ0n) is 12.0. The molecule has 1 aliphatic rings. The maximum atomic E-state index is 12.3. The minimum atomic E-state index is -0.264. The van der Waals surface area contributed by atoms with Crippen molar-refractivity contribution in [1.82, 2.24) is 4.90 Å². The van der Waals surface area contributed by atoms with Crippen molar-refractivity contribution in [2.45, 2.75) is 51.3 Å². The van der Waals surface area contributed by atoms with Crippen LogP contribution in [-0.4, -0.2) is 34.8 Å². The number of piperidine rings is 1. The summed E-state index contributed by atoms with van der Waals surface area (Å²) in [7, 11) is 0. The molecule has 2 rings (SSSR count). The number of nitrogens with zero attached hydrogens (tertiary/aromatic N) is 1. The molecule has 1 amide bonds. The fourth-order valence-corrected chi connectivity index (χ4v) is 2.84. The average molecular weight is 277 g/mol. The molecule has 4 nitrogen and oxygen atoms in total. The lowest BCUT2D eigenvalue weighted by molar-refractivity contribution is 0.0391. The summed E-state index contributed by atoms with van der Waals surface area (Å²) in [4.78, 5) is 14.1. The fourth-order valence-electron chi connectivity index (χ4n) is 2.84. The van der Waals surface area contributed by atoms with Gasteiger partial charge < -0.3 is 14.7 Å². The molecular formula is C16H23NO3. The van der Waals surface area contributed by atoms with Crippen molar-refractivity contribution in [3.63, 3.8) is 0 Å². The summed E-state index contributed by atoms with van der Waals surface area (Å²) in [5.41, 5.74) is 0.990. The van der Waals surface area contributed by atoms with Gasteiger partial charge in [-0.2, -0.15) is 0 Å². The van der Waals surface area contributed by atoms with Gasteiger partial charge in [0, 0.05) is 18.7 Å². The van der Waals surface area contributed by atoms with Gasteiger partial charge in [0.15, 0.2) is 0 Å². The van der Waals surface area contributed by atoms with Crippen LogP contribution < -0.4 is 0 Å². The zero-order valence-corrected chi connectivity index (χ0v) is 12.0. The Balaban J connectivity index is 1.94. The first-order valence-electron chi connectivity index (χ1n) is 7.32. The highest BCUT2D eigenvalue weighted by Gasteiger charge is 2.32. The molecule has 1 fully saturated rings. The first-order chi connectivity index (χ1) is 9.72. The number of amides is 1. The number of ether oxygens (including phenoxy) is 1. The van der Waals surface area contributed by atoms with Crippen LogP contribution in [0.25, 0.3) is 0 Å². The molecule has 0 aromatic heterocycles. The molecule has 1 saturated heterocycles. The Bertz CT molecular complexity index is 419. The number of hydrogen-bond donors (Lipinski definition) is 1. The highest BCUT2D eigenvalue weighted by molar-refractivity contribution is 5.68. The van der Waals surface area contributed by atoms with E-state index >= 15 is 0 Å². The van der Waals surface area contributed by atoms with Gasteiger partial charge in [-0.15, -0.1) is 0 Å². The number of benzene rings is 1. The van der Waals surface area contributed by atoms with E-state index in [4.69, 9.17) is 9.84 Å². The van der Waals surface area contributed by atoms with Gasteiger partial charge in [0.05, 0.1) is 0 Å². The van der Waals surface area contributed by atoms with Gasteiger partial charge >= 0.3 is 6.09 Å². The van der Waals surface area contributed by atoms with Gasteiger partial charge in [0.2, 0.25) is 0 Å². The van der Waals surface area contributed by atoms with Crippen LogP contribution in [0.3, 0.4) is 0 Å². The van der Waals surface area contributed by atoms with Gasteiger partial charge in [0.25, 0.3) is 0 Å². The molecule has 0 bridgehead atoms. The van der Waals surface area contributed by atoms with Crippen LogP contribution in [0.1, 0.15) is 38.2 Å². The molecule has 20 heavy (non-hydrogen) atoms. The van der Waals surface area contributed by atoms with E-state index in [2.05, 4.69) is 0 Å². The molecule has 2 atom stereocenters. The lowest BCUT2D eigenvalue weighted by Gasteiger charge is -2.39. The highest BCUT2D eigenvalue weighted by atomic mass is 16.6. The van der Waals surface area contributed by atoms with Crippen molar-refractivity contribution < 1.29 is 14.6 Å². The van der Waals surface area contributed by atoms with Crippen LogP contribution in [0, 0.1) is 0 Å². The summed E-state index contributed by atoms with van der Waals surface area (Å²) >= 11 is 0. The second kappa shape index (κ2) is 7.29. The van der Waals surface area contributed by atoms with E-state index in [0.29, 0.717) is 13.0 Å². The molecule has 0 spiro atoms. The van der Waals surface area contributed by atoms with Crippen LogP contribution in [0.5, 0.6) is 0 Å². The highest BCUT2D eigenvalue weighted by Crippen LogP contribution is 2.25. The quantitative estimate of drug-likeness (QED) is 0.920. The Labute approximate surface area is 120 Å². The van der Waals surface area contributed by atoms with Crippen molar-refractivity contribution in [1.29, 1.82) is 0 Å². The van der Waals surface area contributed by atoms with Crippen molar-refractivity contribution in [3.8, 4) is 0 Å². The molecule has 1 aromatic rings. The average Bonchev–Trinajstić information content (AvgIpc) is 2.46. The molecule has 110 valence electrons. The third-order valence-electron chi connectivity index (χ3n) is 3.91. The molecule has 1 aliphatic heterocycles. The molecule has 0 radical (unpaired) electrons. The van der Waals surface area contributed by atoms with E-state index in [0.717, 1.165) is 24.8 Å². The van der Waals surface area contributed by atoms with Gasteiger partial charge in [-0.1, -0.05) is 30.3 Å². The number of carbonyl (C=O) groups excluding carboxylic acids is 1. The number of aliphatic hydroxyl groups excluding tert-OH is 1. The number of carbonyl (C=O) groups is 1. The Kier molecular flexibility index (Phi) is 5.41. The van der Waals surface area contributed by atoms with E-state index in [1.54, 1.807) is 0 Å². The van der Waals surface area contributed by atoms with Gasteiger partial charge in [0.1, 0.15) is 6.61 Å². The molecule has 0 aliphatic carbocycles. The maximum Gasteiger partial charge on any atom is 0.410 e. The standard InChI is InChI=1S/C16H23NO3/c1-13-6-5-9-15(10-11-18)17(13)16(19)20-12-14-7-3-2-4-8-14/h2-4,7-8,13,15,18H,5-6,9-12H2,1H3. The van der Waals surface area contributed by atoms with Crippen LogP contribution in [0.4, 0.5) is 4.79 Å². The monoisotopic (exact) mass is 277 g/mol. The molecule has 1 aromatic carbocycles. The smallest absolute Gasteiger partial charge is 0.410 e. The lowest BCUT2D eigenvalue weighted by Crippen LogP contribution is -2.49. The van der Waals surface area contributed by atoms with Crippen LogP contribution in [-0.2, 0) is 11.3 Å². The predicted octanol–water partition coefficient (Wildman–Crippen LogP) is 2.95. The molecule has 4 heteroatoms. The number of hydrogen-bond acceptors (Lipinski definition) is 3. The first kappa shape index (κ1) is 14.9. The SMILES string of the molecule is CC1CCCC(CCO)N1C(=O)OCc1ccccc1. The summed E-state index contributed by atoms with van der Waals surface area (Å²) < 4.78 is 5.42. The molecule has 2 unspecified atom stereocenters. The third kappa shape index (κ3) is 3.73. The summed E-state index contributed by atoms with van der Waals surface area (Å²) in [6.07, 6.45) is 3.42. The largest absolute Gasteiger partial charge is 0.445 e. The Morgan fingerprint density at radius 2 is 2.10 bits per heavy atom. The van der Waals surface area contributed by atoms with Crippen LogP contribution >= 0.6 is 0 Å². The van der Waals surface area contributed by atoms with Crippen molar-refractivity contribution in [2.75, 3.05) is 6.61 Å².